The van der Waals surface area contributed by atoms with Gasteiger partial charge in [0.05, 0.1) is 42.8 Å². The number of anilines is 2. The molecule has 3 rings (SSSR count). The molecule has 0 saturated carbocycles. The topological polar surface area (TPSA) is 62.8 Å². The van der Waals surface area contributed by atoms with E-state index >= 15 is 0 Å². The summed E-state index contributed by atoms with van der Waals surface area (Å²) < 4.78 is 50.4. The molecule has 2 N–H and O–H groups in total. The van der Waals surface area contributed by atoms with Crippen molar-refractivity contribution in [2.24, 2.45) is 0 Å². The summed E-state index contributed by atoms with van der Waals surface area (Å²) >= 11 is 5.21. The first-order chi connectivity index (χ1) is 14.7. The summed E-state index contributed by atoms with van der Waals surface area (Å²) in [5.74, 6) is -0.131. The summed E-state index contributed by atoms with van der Waals surface area (Å²) in [6, 6.07) is 8.47. The summed E-state index contributed by atoms with van der Waals surface area (Å²) in [7, 11) is 1.45. The average molecular weight is 453 g/mol. The van der Waals surface area contributed by atoms with E-state index in [1.165, 1.54) is 13.2 Å². The molecule has 10 heteroatoms. The van der Waals surface area contributed by atoms with E-state index in [9.17, 15) is 18.0 Å². The van der Waals surface area contributed by atoms with E-state index < -0.39 is 17.6 Å². The Labute approximate surface area is 183 Å². The first-order valence-corrected chi connectivity index (χ1v) is 9.91. The second-order valence-electron chi connectivity index (χ2n) is 6.89. The molecule has 0 atom stereocenters. The second kappa shape index (κ2) is 9.52. The zero-order valence-corrected chi connectivity index (χ0v) is 17.8. The van der Waals surface area contributed by atoms with Gasteiger partial charge in [-0.15, -0.1) is 0 Å². The predicted octanol–water partition coefficient (Wildman–Crippen LogP) is 3.99. The smallest absolute Gasteiger partial charge is 0.416 e. The van der Waals surface area contributed by atoms with Crippen LogP contribution < -0.4 is 20.3 Å². The van der Waals surface area contributed by atoms with Crippen molar-refractivity contribution in [3.05, 3.63) is 53.1 Å². The van der Waals surface area contributed by atoms with Crippen molar-refractivity contribution in [3.63, 3.8) is 0 Å². The fraction of sp³-hybridized carbons (Fsp3) is 0.333. The molecule has 1 fully saturated rings. The van der Waals surface area contributed by atoms with Gasteiger partial charge in [0.1, 0.15) is 5.75 Å². The highest BCUT2D eigenvalue weighted by Crippen LogP contribution is 2.35. The zero-order chi connectivity index (χ0) is 22.6. The number of hydrogen-bond acceptors (Lipinski definition) is 5. The van der Waals surface area contributed by atoms with Crippen molar-refractivity contribution in [1.82, 2.24) is 5.32 Å². The number of halogens is 3. The van der Waals surface area contributed by atoms with Gasteiger partial charge in [-0.05, 0) is 49.0 Å². The minimum atomic E-state index is -4.51. The number of methoxy groups -OCH3 is 1. The molecule has 1 saturated heterocycles. The van der Waals surface area contributed by atoms with Crippen molar-refractivity contribution in [1.29, 1.82) is 0 Å². The van der Waals surface area contributed by atoms with Gasteiger partial charge in [0.15, 0.2) is 5.11 Å². The third-order valence-electron chi connectivity index (χ3n) is 4.81. The van der Waals surface area contributed by atoms with E-state index in [4.69, 9.17) is 21.7 Å². The normalized spacial score (nSPS) is 14.2. The van der Waals surface area contributed by atoms with Crippen LogP contribution in [0.5, 0.6) is 5.75 Å². The van der Waals surface area contributed by atoms with Crippen LogP contribution >= 0.6 is 12.2 Å². The highest BCUT2D eigenvalue weighted by atomic mass is 32.1. The molecule has 0 aliphatic carbocycles. The lowest BCUT2D eigenvalue weighted by Crippen LogP contribution is -2.38. The Kier molecular flexibility index (Phi) is 7.01. The summed E-state index contributed by atoms with van der Waals surface area (Å²) in [5, 5.41) is 5.14. The lowest BCUT2D eigenvalue weighted by molar-refractivity contribution is -0.137. The first kappa shape index (κ1) is 22.8. The van der Waals surface area contributed by atoms with Crippen LogP contribution in [0.2, 0.25) is 0 Å². The number of benzene rings is 2. The van der Waals surface area contributed by atoms with Gasteiger partial charge >= 0.3 is 6.18 Å². The van der Waals surface area contributed by atoms with Crippen LogP contribution in [0.25, 0.3) is 0 Å². The van der Waals surface area contributed by atoms with Crippen molar-refractivity contribution >= 4 is 34.6 Å². The van der Waals surface area contributed by atoms with E-state index in [0.717, 1.165) is 17.7 Å². The van der Waals surface area contributed by atoms with Crippen molar-refractivity contribution in [3.8, 4) is 5.75 Å². The van der Waals surface area contributed by atoms with Crippen LogP contribution in [0, 0.1) is 6.92 Å². The standard InChI is InChI=1S/C21H22F3N3O3S/c1-13-4-3-5-15(18(13)29-2)19(28)26-20(31)25-16-12-14(21(22,23)24)6-7-17(16)27-8-10-30-11-9-27/h3-7,12H,8-11H2,1-2H3,(H2,25,26,28,31). The molecule has 2 aromatic carbocycles. The van der Waals surface area contributed by atoms with Crippen LogP contribution in [-0.4, -0.2) is 44.4 Å². The number of ether oxygens (including phenoxy) is 2. The minimum absolute atomic E-state index is 0.123. The average Bonchev–Trinajstić information content (AvgIpc) is 2.73. The molecule has 0 spiro atoms. The number of carbonyl (C=O) groups excluding carboxylic acids is 1. The molecule has 2 aromatic rings. The van der Waals surface area contributed by atoms with E-state index in [-0.39, 0.29) is 16.4 Å². The Balaban J connectivity index is 1.84. The molecule has 0 bridgehead atoms. The van der Waals surface area contributed by atoms with E-state index in [2.05, 4.69) is 10.6 Å². The number of thiocarbonyl (C=S) groups is 1. The number of amides is 1. The maximum Gasteiger partial charge on any atom is 0.416 e. The minimum Gasteiger partial charge on any atom is -0.496 e. The second-order valence-corrected chi connectivity index (χ2v) is 7.30. The number of para-hydroxylation sites is 1. The largest absolute Gasteiger partial charge is 0.496 e. The van der Waals surface area contributed by atoms with Gasteiger partial charge in [0.25, 0.3) is 5.91 Å². The number of rotatable bonds is 4. The first-order valence-electron chi connectivity index (χ1n) is 9.50. The maximum absolute atomic E-state index is 13.3. The van der Waals surface area contributed by atoms with Gasteiger partial charge in [-0.3, -0.25) is 10.1 Å². The molecule has 166 valence electrons. The molecule has 31 heavy (non-hydrogen) atoms. The number of hydrogen-bond donors (Lipinski definition) is 2. The van der Waals surface area contributed by atoms with Crippen LogP contribution in [0.4, 0.5) is 24.5 Å². The molecule has 1 heterocycles. The SMILES string of the molecule is COc1c(C)cccc1C(=O)NC(=S)Nc1cc(C(F)(F)F)ccc1N1CCOCC1. The molecule has 1 aliphatic heterocycles. The third kappa shape index (κ3) is 5.45. The number of carbonyl (C=O) groups is 1. The highest BCUT2D eigenvalue weighted by molar-refractivity contribution is 7.80. The van der Waals surface area contributed by atoms with Gasteiger partial charge in [-0.2, -0.15) is 13.2 Å². The lowest BCUT2D eigenvalue weighted by atomic mass is 10.1. The van der Waals surface area contributed by atoms with Gasteiger partial charge in [-0.1, -0.05) is 12.1 Å². The molecular weight excluding hydrogens is 431 g/mol. The van der Waals surface area contributed by atoms with E-state index in [1.54, 1.807) is 25.1 Å². The summed E-state index contributed by atoms with van der Waals surface area (Å²) in [6.45, 7) is 3.78. The van der Waals surface area contributed by atoms with Gasteiger partial charge in [-0.25, -0.2) is 0 Å². The Hall–Kier alpha value is -2.85. The Morgan fingerprint density at radius 2 is 1.90 bits per heavy atom. The Bertz CT molecular complexity index is 976. The van der Waals surface area contributed by atoms with Crippen LogP contribution in [-0.2, 0) is 10.9 Å². The number of aryl methyl sites for hydroxylation is 1. The van der Waals surface area contributed by atoms with Crippen molar-refractivity contribution in [2.45, 2.75) is 13.1 Å². The number of alkyl halides is 3. The zero-order valence-electron chi connectivity index (χ0n) is 17.0. The monoisotopic (exact) mass is 453 g/mol. The van der Waals surface area contributed by atoms with Gasteiger partial charge in [0.2, 0.25) is 0 Å². The van der Waals surface area contributed by atoms with Crippen LogP contribution in [0.1, 0.15) is 21.5 Å². The Morgan fingerprint density at radius 3 is 2.55 bits per heavy atom. The quantitative estimate of drug-likeness (QED) is 0.683. The fourth-order valence-corrected chi connectivity index (χ4v) is 3.52. The summed E-state index contributed by atoms with van der Waals surface area (Å²) in [4.78, 5) is 14.6. The number of morpholine rings is 1. The van der Waals surface area contributed by atoms with Crippen molar-refractivity contribution in [2.75, 3.05) is 43.6 Å². The summed E-state index contributed by atoms with van der Waals surface area (Å²) in [5.41, 5.74) is 0.909. The predicted molar refractivity (Wildman–Crippen MR) is 116 cm³/mol. The third-order valence-corrected chi connectivity index (χ3v) is 5.02. The van der Waals surface area contributed by atoms with Crippen LogP contribution in [0.3, 0.4) is 0 Å². The molecule has 0 unspecified atom stereocenters. The molecule has 6 nitrogen and oxygen atoms in total. The van der Waals surface area contributed by atoms with E-state index in [0.29, 0.717) is 37.7 Å². The summed E-state index contributed by atoms with van der Waals surface area (Å²) in [6.07, 6.45) is -4.51. The maximum atomic E-state index is 13.3. The molecule has 0 aromatic heterocycles. The molecule has 1 amide bonds. The molecule has 0 radical (unpaired) electrons. The fourth-order valence-electron chi connectivity index (χ4n) is 3.32. The van der Waals surface area contributed by atoms with Crippen molar-refractivity contribution < 1.29 is 27.4 Å². The molecule has 1 aliphatic rings. The van der Waals surface area contributed by atoms with E-state index in [1.807, 2.05) is 4.90 Å². The van der Waals surface area contributed by atoms with Crippen LogP contribution in [0.15, 0.2) is 36.4 Å². The van der Waals surface area contributed by atoms with Gasteiger partial charge < -0.3 is 19.7 Å². The highest BCUT2D eigenvalue weighted by Gasteiger charge is 2.32. The number of nitrogens with one attached hydrogen (secondary N) is 2. The molecular formula is C21H22F3N3O3S. The lowest BCUT2D eigenvalue weighted by Gasteiger charge is -2.31. The van der Waals surface area contributed by atoms with Gasteiger partial charge in [0, 0.05) is 13.1 Å². The number of nitrogens with zero attached hydrogens (tertiary/aromatic N) is 1. The Morgan fingerprint density at radius 1 is 1.19 bits per heavy atom.